The Labute approximate surface area is 154 Å². The van der Waals surface area contributed by atoms with Crippen LogP contribution >= 0.6 is 0 Å². The van der Waals surface area contributed by atoms with Crippen LogP contribution in [0.5, 0.6) is 0 Å². The van der Waals surface area contributed by atoms with Gasteiger partial charge in [-0.2, -0.15) is 0 Å². The van der Waals surface area contributed by atoms with Crippen LogP contribution in [-0.2, 0) is 7.05 Å². The second-order valence-corrected chi connectivity index (χ2v) is 6.53. The number of anilines is 1. The van der Waals surface area contributed by atoms with E-state index in [4.69, 9.17) is 0 Å². The lowest BCUT2D eigenvalue weighted by Crippen LogP contribution is -2.48. The molecule has 1 saturated heterocycles. The lowest BCUT2D eigenvalue weighted by Gasteiger charge is -2.36. The van der Waals surface area contributed by atoms with Gasteiger partial charge in [0.25, 0.3) is 11.5 Å². The molecule has 2 aromatic heterocycles. The van der Waals surface area contributed by atoms with Crippen molar-refractivity contribution in [2.45, 2.75) is 0 Å². The van der Waals surface area contributed by atoms with E-state index in [9.17, 15) is 14.4 Å². The molecule has 0 aliphatic carbocycles. The number of pyridine rings is 1. The molecule has 3 heterocycles. The molecule has 0 radical (unpaired) electrons. The molecule has 1 aromatic carbocycles. The van der Waals surface area contributed by atoms with Crippen molar-refractivity contribution in [2.24, 2.45) is 7.05 Å². The molecule has 1 amide bonds. The number of piperazine rings is 1. The van der Waals surface area contributed by atoms with Crippen molar-refractivity contribution in [3.8, 4) is 0 Å². The van der Waals surface area contributed by atoms with E-state index >= 15 is 0 Å². The number of nitrogens with one attached hydrogen (secondary N) is 1. The summed E-state index contributed by atoms with van der Waals surface area (Å²) in [6.45, 7) is 2.67. The fraction of sp³-hybridized carbons (Fsp3) is 0.263. The van der Waals surface area contributed by atoms with Gasteiger partial charge in [0, 0.05) is 45.1 Å². The lowest BCUT2D eigenvalue weighted by atomic mass is 10.2. The quantitative estimate of drug-likeness (QED) is 0.718. The van der Waals surface area contributed by atoms with E-state index in [0.717, 1.165) is 18.8 Å². The fourth-order valence-electron chi connectivity index (χ4n) is 3.34. The van der Waals surface area contributed by atoms with Gasteiger partial charge in [-0.1, -0.05) is 18.2 Å². The highest BCUT2D eigenvalue weighted by Crippen LogP contribution is 2.17. The highest BCUT2D eigenvalue weighted by molar-refractivity contribution is 5.96. The van der Waals surface area contributed by atoms with Gasteiger partial charge in [0.2, 0.25) is 0 Å². The maximum atomic E-state index is 12.8. The Morgan fingerprint density at radius 2 is 1.78 bits per heavy atom. The molecule has 1 fully saturated rings. The number of aromatic nitrogens is 3. The third-order valence-electron chi connectivity index (χ3n) is 4.89. The van der Waals surface area contributed by atoms with Gasteiger partial charge in [0.1, 0.15) is 5.65 Å². The highest BCUT2D eigenvalue weighted by Gasteiger charge is 2.23. The monoisotopic (exact) mass is 365 g/mol. The Morgan fingerprint density at radius 1 is 1.07 bits per heavy atom. The van der Waals surface area contributed by atoms with Crippen LogP contribution in [0.1, 0.15) is 10.4 Å². The zero-order valence-corrected chi connectivity index (χ0v) is 14.9. The molecule has 0 unspecified atom stereocenters. The van der Waals surface area contributed by atoms with Crippen molar-refractivity contribution >= 4 is 22.6 Å². The van der Waals surface area contributed by atoms with E-state index in [0.29, 0.717) is 18.7 Å². The Kier molecular flexibility index (Phi) is 4.23. The van der Waals surface area contributed by atoms with Crippen LogP contribution in [0, 0.1) is 0 Å². The Balaban J connectivity index is 1.55. The first-order valence-electron chi connectivity index (χ1n) is 8.73. The predicted octanol–water partition coefficient (Wildman–Crippen LogP) is 0.584. The maximum absolute atomic E-state index is 12.8. The molecular weight excluding hydrogens is 346 g/mol. The standard InChI is InChI=1S/C19H19N5O3/c1-22-16-15(17(25)21-19(22)27)11-13(12-20-16)18(26)24-9-7-23(8-10-24)14-5-3-2-4-6-14/h2-6,11-12H,7-10H2,1H3,(H,21,25,27). The third-order valence-corrected chi connectivity index (χ3v) is 4.89. The average molecular weight is 365 g/mol. The number of aromatic amines is 1. The summed E-state index contributed by atoms with van der Waals surface area (Å²) in [5.74, 6) is -0.162. The molecule has 1 aliphatic heterocycles. The molecule has 8 nitrogen and oxygen atoms in total. The van der Waals surface area contributed by atoms with Gasteiger partial charge in [-0.25, -0.2) is 9.78 Å². The number of nitrogens with zero attached hydrogens (tertiary/aromatic N) is 4. The minimum atomic E-state index is -0.538. The summed E-state index contributed by atoms with van der Waals surface area (Å²) in [5.41, 5.74) is 0.679. The first-order chi connectivity index (χ1) is 13.0. The molecule has 1 N–H and O–H groups in total. The molecule has 0 saturated carbocycles. The van der Waals surface area contributed by atoms with Crippen LogP contribution in [-0.4, -0.2) is 51.5 Å². The number of H-pyrrole nitrogens is 1. The van der Waals surface area contributed by atoms with Gasteiger partial charge in [-0.15, -0.1) is 0 Å². The van der Waals surface area contributed by atoms with Crippen molar-refractivity contribution in [2.75, 3.05) is 31.1 Å². The van der Waals surface area contributed by atoms with Crippen LogP contribution in [0.4, 0.5) is 5.69 Å². The van der Waals surface area contributed by atoms with Gasteiger partial charge >= 0.3 is 5.69 Å². The summed E-state index contributed by atoms with van der Waals surface area (Å²) in [7, 11) is 1.53. The molecule has 27 heavy (non-hydrogen) atoms. The topological polar surface area (TPSA) is 91.3 Å². The summed E-state index contributed by atoms with van der Waals surface area (Å²) in [6, 6.07) is 11.6. The number of carbonyl (C=O) groups is 1. The lowest BCUT2D eigenvalue weighted by molar-refractivity contribution is 0.0746. The van der Waals surface area contributed by atoms with Gasteiger partial charge in [-0.3, -0.25) is 19.1 Å². The number of amides is 1. The summed E-state index contributed by atoms with van der Waals surface area (Å²) >= 11 is 0. The molecule has 3 aromatic rings. The average Bonchev–Trinajstić information content (AvgIpc) is 2.72. The van der Waals surface area contributed by atoms with E-state index in [1.54, 1.807) is 4.90 Å². The van der Waals surface area contributed by atoms with E-state index in [-0.39, 0.29) is 16.9 Å². The number of rotatable bonds is 2. The van der Waals surface area contributed by atoms with Crippen LogP contribution in [0.15, 0.2) is 52.2 Å². The zero-order valence-electron chi connectivity index (χ0n) is 14.9. The van der Waals surface area contributed by atoms with E-state index in [1.165, 1.54) is 23.9 Å². The molecule has 0 atom stereocenters. The highest BCUT2D eigenvalue weighted by atomic mass is 16.2. The first kappa shape index (κ1) is 17.0. The second-order valence-electron chi connectivity index (χ2n) is 6.53. The molecule has 8 heteroatoms. The van der Waals surface area contributed by atoms with Gasteiger partial charge in [0.05, 0.1) is 10.9 Å². The number of hydrogen-bond donors (Lipinski definition) is 1. The number of aryl methyl sites for hydroxylation is 1. The number of para-hydroxylation sites is 1. The van der Waals surface area contributed by atoms with Crippen molar-refractivity contribution in [3.63, 3.8) is 0 Å². The fourth-order valence-corrected chi connectivity index (χ4v) is 3.34. The first-order valence-corrected chi connectivity index (χ1v) is 8.73. The van der Waals surface area contributed by atoms with Crippen molar-refractivity contribution in [1.29, 1.82) is 0 Å². The molecule has 0 bridgehead atoms. The largest absolute Gasteiger partial charge is 0.368 e. The number of benzene rings is 1. The Morgan fingerprint density at radius 3 is 2.48 bits per heavy atom. The van der Waals surface area contributed by atoms with Crippen molar-refractivity contribution in [3.05, 3.63) is 69.0 Å². The normalized spacial score (nSPS) is 14.6. The van der Waals surface area contributed by atoms with E-state index in [1.807, 2.05) is 18.2 Å². The summed E-state index contributed by atoms with van der Waals surface area (Å²) in [4.78, 5) is 47.0. The van der Waals surface area contributed by atoms with Crippen LogP contribution in [0.3, 0.4) is 0 Å². The summed E-state index contributed by atoms with van der Waals surface area (Å²) in [6.07, 6.45) is 1.42. The third kappa shape index (κ3) is 3.10. The van der Waals surface area contributed by atoms with Crippen LogP contribution in [0.2, 0.25) is 0 Å². The SMILES string of the molecule is Cn1c(=O)[nH]c(=O)c2cc(C(=O)N3CCN(c4ccccc4)CC3)cnc21. The van der Waals surface area contributed by atoms with E-state index in [2.05, 4.69) is 27.0 Å². The minimum Gasteiger partial charge on any atom is -0.368 e. The van der Waals surface area contributed by atoms with Crippen molar-refractivity contribution < 1.29 is 4.79 Å². The molecule has 138 valence electrons. The zero-order chi connectivity index (χ0) is 19.0. The second kappa shape index (κ2) is 6.71. The Bertz CT molecular complexity index is 1110. The molecule has 0 spiro atoms. The molecule has 4 rings (SSSR count). The molecular formula is C19H19N5O3. The number of carbonyl (C=O) groups excluding carboxylic acids is 1. The number of hydrogen-bond acceptors (Lipinski definition) is 5. The van der Waals surface area contributed by atoms with E-state index < -0.39 is 11.2 Å². The maximum Gasteiger partial charge on any atom is 0.329 e. The summed E-state index contributed by atoms with van der Waals surface area (Å²) < 4.78 is 1.25. The Hall–Kier alpha value is -3.42. The van der Waals surface area contributed by atoms with Crippen molar-refractivity contribution in [1.82, 2.24) is 19.4 Å². The predicted molar refractivity (Wildman–Crippen MR) is 102 cm³/mol. The molecule has 1 aliphatic rings. The van der Waals surface area contributed by atoms with Gasteiger partial charge in [-0.05, 0) is 18.2 Å². The van der Waals surface area contributed by atoms with Gasteiger partial charge in [0.15, 0.2) is 0 Å². The minimum absolute atomic E-state index is 0.162. The number of fused-ring (bicyclic) bond motifs is 1. The van der Waals surface area contributed by atoms with Crippen LogP contribution in [0.25, 0.3) is 11.0 Å². The smallest absolute Gasteiger partial charge is 0.329 e. The summed E-state index contributed by atoms with van der Waals surface area (Å²) in [5, 5.41) is 0.228. The van der Waals surface area contributed by atoms with Crippen LogP contribution < -0.4 is 16.1 Å². The van der Waals surface area contributed by atoms with Gasteiger partial charge < -0.3 is 9.80 Å².